The molecule has 0 aromatic heterocycles. The van der Waals surface area contributed by atoms with E-state index in [2.05, 4.69) is 53.9 Å². The lowest BCUT2D eigenvalue weighted by atomic mass is 9.94. The summed E-state index contributed by atoms with van der Waals surface area (Å²) in [5.74, 6) is -1.55. The quantitative estimate of drug-likeness (QED) is 0.0487. The number of benzene rings is 4. The standard InChI is InChI=1S/C54H68F6O9Si2/c1-51(2,35-63-33-37-25-27-45(53(55,56)57)47(29-37)65-41-21-15-23-43(31-41)67-49(61)39-17-11-9-12-18-39)70(5,6)69-71(7,8)52(3,4)36-64-34-38-26-28-46(54(58,59)60)48(30-38)66-42-22-16-24-44(32-42)68-50(62)40-19-13-10-14-20-40/h9-14,17-20,25-30,41-44H,15-16,21-24,31-36H2,1-8H3/t41-,42-,43+,44+/m0/s1. The first-order valence-electron chi connectivity index (χ1n) is 24.3. The molecule has 0 spiro atoms. The second-order valence-corrected chi connectivity index (χ2v) is 30.7. The number of rotatable bonds is 20. The molecule has 17 heteroatoms. The molecule has 0 saturated heterocycles. The Morgan fingerprint density at radius 2 is 0.873 bits per heavy atom. The van der Waals surface area contributed by atoms with Crippen molar-refractivity contribution >= 4 is 28.6 Å². The Morgan fingerprint density at radius 3 is 1.23 bits per heavy atom. The fourth-order valence-corrected chi connectivity index (χ4v) is 16.9. The third-order valence-corrected chi connectivity index (χ3v) is 25.1. The molecule has 6 rings (SSSR count). The van der Waals surface area contributed by atoms with Gasteiger partial charge in [0.25, 0.3) is 0 Å². The van der Waals surface area contributed by atoms with E-state index in [0.717, 1.165) is 12.1 Å². The van der Waals surface area contributed by atoms with Gasteiger partial charge >= 0.3 is 24.3 Å². The van der Waals surface area contributed by atoms with Crippen LogP contribution in [0, 0.1) is 0 Å². The van der Waals surface area contributed by atoms with Crippen molar-refractivity contribution in [1.82, 2.24) is 0 Å². The summed E-state index contributed by atoms with van der Waals surface area (Å²) < 4.78 is 129. The van der Waals surface area contributed by atoms with Gasteiger partial charge in [0.05, 0.1) is 48.7 Å². The first-order chi connectivity index (χ1) is 33.2. The average molecular weight is 1030 g/mol. The molecular weight excluding hydrogens is 963 g/mol. The van der Waals surface area contributed by atoms with Crippen LogP contribution in [0.5, 0.6) is 11.5 Å². The van der Waals surface area contributed by atoms with E-state index < -0.39 is 86.5 Å². The van der Waals surface area contributed by atoms with Crippen LogP contribution in [0.25, 0.3) is 0 Å². The van der Waals surface area contributed by atoms with Crippen molar-refractivity contribution in [3.63, 3.8) is 0 Å². The third kappa shape index (κ3) is 15.2. The van der Waals surface area contributed by atoms with E-state index >= 15 is 0 Å². The third-order valence-electron chi connectivity index (χ3n) is 14.2. The Kier molecular flexibility index (Phi) is 18.0. The first kappa shape index (κ1) is 55.6. The maximum Gasteiger partial charge on any atom is 0.419 e. The minimum absolute atomic E-state index is 0.0343. The van der Waals surface area contributed by atoms with Crippen molar-refractivity contribution in [2.45, 2.75) is 165 Å². The zero-order valence-corrected chi connectivity index (χ0v) is 44.0. The lowest BCUT2D eigenvalue weighted by Gasteiger charge is -2.49. The minimum atomic E-state index is -4.66. The van der Waals surface area contributed by atoms with Crippen LogP contribution < -0.4 is 9.47 Å². The highest BCUT2D eigenvalue weighted by Crippen LogP contribution is 2.47. The zero-order valence-electron chi connectivity index (χ0n) is 42.0. The van der Waals surface area contributed by atoms with Gasteiger partial charge in [-0.3, -0.25) is 0 Å². The zero-order chi connectivity index (χ0) is 51.8. The first-order valence-corrected chi connectivity index (χ1v) is 30.2. The second-order valence-electron chi connectivity index (χ2n) is 21.1. The number of halogens is 6. The predicted octanol–water partition coefficient (Wildman–Crippen LogP) is 14.5. The molecule has 4 aromatic rings. The molecule has 2 fully saturated rings. The second kappa shape index (κ2) is 23.0. The van der Waals surface area contributed by atoms with Gasteiger partial charge < -0.3 is 32.5 Å². The normalized spacial score (nSPS) is 19.5. The van der Waals surface area contributed by atoms with E-state index in [9.17, 15) is 35.9 Å². The molecule has 0 radical (unpaired) electrons. The van der Waals surface area contributed by atoms with E-state index in [0.29, 0.717) is 60.8 Å². The molecule has 2 aliphatic rings. The fourth-order valence-electron chi connectivity index (χ4n) is 8.67. The number of esters is 2. The summed E-state index contributed by atoms with van der Waals surface area (Å²) in [5.41, 5.74) is 0.0449. The SMILES string of the molecule is CC(C)(COCc1ccc(C(F)(F)F)c(O[C@H]2CCC[C@@H](OC(=O)c3ccccc3)C2)c1)[Si](C)(C)O[Si](C)(C)C(C)(C)COCc1ccc(C(F)(F)F)c(O[C@H]2CCC[C@@H](OC(=O)c3ccccc3)C2)c1. The van der Waals surface area contributed by atoms with Gasteiger partial charge in [0.1, 0.15) is 35.9 Å². The van der Waals surface area contributed by atoms with Crippen LogP contribution in [-0.2, 0) is 48.6 Å². The Hall–Kier alpha value is -4.69. The molecule has 2 aliphatic carbocycles. The Labute approximate surface area is 416 Å². The largest absolute Gasteiger partial charge is 0.490 e. The van der Waals surface area contributed by atoms with Crippen LogP contribution in [0.1, 0.15) is 122 Å². The summed E-state index contributed by atoms with van der Waals surface area (Å²) in [4.78, 5) is 25.4. The van der Waals surface area contributed by atoms with Gasteiger partial charge in [-0.05, 0) is 124 Å². The molecule has 0 bridgehead atoms. The molecule has 0 heterocycles. The van der Waals surface area contributed by atoms with Crippen molar-refractivity contribution in [1.29, 1.82) is 0 Å². The molecule has 0 N–H and O–H groups in total. The maximum atomic E-state index is 14.2. The molecule has 2 saturated carbocycles. The Balaban J connectivity index is 1.02. The number of carbonyl (C=O) groups is 2. The van der Waals surface area contributed by atoms with E-state index in [1.165, 1.54) is 24.3 Å². The topological polar surface area (TPSA) is 98.8 Å². The number of ether oxygens (including phenoxy) is 6. The molecule has 0 unspecified atom stereocenters. The minimum Gasteiger partial charge on any atom is -0.490 e. The maximum absolute atomic E-state index is 14.2. The van der Waals surface area contributed by atoms with E-state index in [4.69, 9.17) is 32.5 Å². The summed E-state index contributed by atoms with van der Waals surface area (Å²) in [5, 5.41) is -0.904. The molecule has 0 amide bonds. The lowest BCUT2D eigenvalue weighted by molar-refractivity contribution is -0.140. The highest BCUT2D eigenvalue weighted by Gasteiger charge is 2.50. The summed E-state index contributed by atoms with van der Waals surface area (Å²) in [6.45, 7) is 17.3. The van der Waals surface area contributed by atoms with Gasteiger partial charge in [0, 0.05) is 22.9 Å². The van der Waals surface area contributed by atoms with Gasteiger partial charge in [0.15, 0.2) is 16.6 Å². The van der Waals surface area contributed by atoms with Crippen LogP contribution in [0.2, 0.25) is 36.3 Å². The van der Waals surface area contributed by atoms with Gasteiger partial charge in [-0.15, -0.1) is 0 Å². The fraction of sp³-hybridized carbons (Fsp3) is 0.519. The Morgan fingerprint density at radius 1 is 0.521 bits per heavy atom. The summed E-state index contributed by atoms with van der Waals surface area (Å²) >= 11 is 0. The number of carbonyl (C=O) groups excluding carboxylic acids is 2. The Bertz CT molecular complexity index is 2230. The van der Waals surface area contributed by atoms with Crippen molar-refractivity contribution in [2.75, 3.05) is 13.2 Å². The molecule has 4 atom stereocenters. The number of alkyl halides is 6. The van der Waals surface area contributed by atoms with Crippen molar-refractivity contribution < 1.29 is 68.5 Å². The molecule has 4 aromatic carbocycles. The van der Waals surface area contributed by atoms with Gasteiger partial charge in [0.2, 0.25) is 0 Å². The molecule has 9 nitrogen and oxygen atoms in total. The predicted molar refractivity (Wildman–Crippen MR) is 263 cm³/mol. The van der Waals surface area contributed by atoms with Gasteiger partial charge in [-0.2, -0.15) is 26.3 Å². The molecule has 388 valence electrons. The van der Waals surface area contributed by atoms with Gasteiger partial charge in [-0.25, -0.2) is 9.59 Å². The van der Waals surface area contributed by atoms with E-state index in [1.54, 1.807) is 60.7 Å². The number of hydrogen-bond donors (Lipinski definition) is 0. The average Bonchev–Trinajstić information content (AvgIpc) is 3.28. The number of hydrogen-bond acceptors (Lipinski definition) is 9. The van der Waals surface area contributed by atoms with Crippen molar-refractivity contribution in [2.24, 2.45) is 0 Å². The van der Waals surface area contributed by atoms with Crippen LogP contribution in [-0.4, -0.2) is 66.2 Å². The van der Waals surface area contributed by atoms with Crippen LogP contribution >= 0.6 is 0 Å². The van der Waals surface area contributed by atoms with E-state index in [1.807, 2.05) is 0 Å². The van der Waals surface area contributed by atoms with Gasteiger partial charge in [-0.1, -0.05) is 76.2 Å². The lowest BCUT2D eigenvalue weighted by Crippen LogP contribution is -2.56. The van der Waals surface area contributed by atoms with Crippen molar-refractivity contribution in [3.05, 3.63) is 130 Å². The van der Waals surface area contributed by atoms with E-state index in [-0.39, 0.29) is 50.8 Å². The molecular formula is C54H68F6O9Si2. The summed E-state index contributed by atoms with van der Waals surface area (Å²) in [7, 11) is -5.19. The molecule has 71 heavy (non-hydrogen) atoms. The smallest absolute Gasteiger partial charge is 0.419 e. The van der Waals surface area contributed by atoms with Crippen LogP contribution in [0.4, 0.5) is 26.3 Å². The van der Waals surface area contributed by atoms with Crippen molar-refractivity contribution in [3.8, 4) is 11.5 Å². The summed E-state index contributed by atoms with van der Waals surface area (Å²) in [6.07, 6.45) is -7.45. The van der Waals surface area contributed by atoms with Crippen LogP contribution in [0.15, 0.2) is 97.1 Å². The highest BCUT2D eigenvalue weighted by atomic mass is 28.4. The summed E-state index contributed by atoms with van der Waals surface area (Å²) in [6, 6.07) is 24.7. The molecule has 0 aliphatic heterocycles. The monoisotopic (exact) mass is 1030 g/mol. The van der Waals surface area contributed by atoms with Crippen LogP contribution in [0.3, 0.4) is 0 Å². The highest BCUT2D eigenvalue weighted by molar-refractivity contribution is 6.87.